The van der Waals surface area contributed by atoms with Crippen molar-refractivity contribution in [2.24, 2.45) is 11.7 Å². The first-order valence-electron chi connectivity index (χ1n) is 5.70. The van der Waals surface area contributed by atoms with Gasteiger partial charge in [-0.1, -0.05) is 13.8 Å². The van der Waals surface area contributed by atoms with Gasteiger partial charge in [0.1, 0.15) is 0 Å². The second kappa shape index (κ2) is 8.10. The third-order valence-electron chi connectivity index (χ3n) is 1.89. The van der Waals surface area contributed by atoms with Gasteiger partial charge in [0.25, 0.3) is 0 Å². The summed E-state index contributed by atoms with van der Waals surface area (Å²) in [5.41, 5.74) is 5.47. The molecule has 0 aromatic rings. The van der Waals surface area contributed by atoms with Gasteiger partial charge in [-0.3, -0.25) is 9.59 Å². The molecule has 16 heavy (non-hydrogen) atoms. The van der Waals surface area contributed by atoms with E-state index in [0.29, 0.717) is 31.8 Å². The standard InChI is InChI=1S/C11H23N3O2/c1-8(2)7-14-10(15)4-5-13-11(16)6-9(3)12/h8-9H,4-7,12H2,1-3H3,(H,13,16)(H,14,15). The molecular formula is C11H23N3O2. The molecule has 4 N–H and O–H groups in total. The van der Waals surface area contributed by atoms with Crippen LogP contribution in [0.25, 0.3) is 0 Å². The molecule has 2 amide bonds. The normalized spacial score (nSPS) is 12.3. The second-order valence-electron chi connectivity index (χ2n) is 4.48. The molecule has 94 valence electrons. The fourth-order valence-electron chi connectivity index (χ4n) is 1.09. The van der Waals surface area contributed by atoms with Crippen LogP contribution >= 0.6 is 0 Å². The van der Waals surface area contributed by atoms with Crippen molar-refractivity contribution >= 4 is 11.8 Å². The van der Waals surface area contributed by atoms with E-state index in [1.165, 1.54) is 0 Å². The number of nitrogens with two attached hydrogens (primary N) is 1. The molecule has 0 aliphatic heterocycles. The Kier molecular flexibility index (Phi) is 7.54. The zero-order valence-corrected chi connectivity index (χ0v) is 10.4. The lowest BCUT2D eigenvalue weighted by atomic mass is 10.2. The summed E-state index contributed by atoms with van der Waals surface area (Å²) in [5, 5.41) is 5.43. The molecule has 0 fully saturated rings. The largest absolute Gasteiger partial charge is 0.356 e. The lowest BCUT2D eigenvalue weighted by molar-refractivity contribution is -0.122. The molecule has 0 heterocycles. The summed E-state index contributed by atoms with van der Waals surface area (Å²) in [6, 6.07) is -0.144. The van der Waals surface area contributed by atoms with Gasteiger partial charge in [0, 0.05) is 32.0 Å². The second-order valence-corrected chi connectivity index (χ2v) is 4.48. The molecule has 5 heteroatoms. The first-order valence-corrected chi connectivity index (χ1v) is 5.70. The number of hydrogen-bond acceptors (Lipinski definition) is 3. The Bertz CT molecular complexity index is 227. The summed E-state index contributed by atoms with van der Waals surface area (Å²) in [5.74, 6) is 0.304. The maximum atomic E-state index is 11.3. The van der Waals surface area contributed by atoms with Crippen LogP contribution in [0.5, 0.6) is 0 Å². The van der Waals surface area contributed by atoms with Gasteiger partial charge >= 0.3 is 0 Å². The quantitative estimate of drug-likeness (QED) is 0.574. The summed E-state index contributed by atoms with van der Waals surface area (Å²) in [7, 11) is 0. The monoisotopic (exact) mass is 229 g/mol. The van der Waals surface area contributed by atoms with Crippen LogP contribution in [0.2, 0.25) is 0 Å². The lowest BCUT2D eigenvalue weighted by Gasteiger charge is -2.09. The van der Waals surface area contributed by atoms with E-state index in [2.05, 4.69) is 10.6 Å². The van der Waals surface area contributed by atoms with Crippen LogP contribution in [-0.4, -0.2) is 30.9 Å². The molecule has 0 aromatic carbocycles. The van der Waals surface area contributed by atoms with Gasteiger partial charge in [0.05, 0.1) is 0 Å². The van der Waals surface area contributed by atoms with Gasteiger partial charge in [0.2, 0.25) is 11.8 Å². The molecule has 0 radical (unpaired) electrons. The highest BCUT2D eigenvalue weighted by Gasteiger charge is 2.06. The summed E-state index contributed by atoms with van der Waals surface area (Å²) in [6.45, 7) is 6.88. The Morgan fingerprint density at radius 3 is 2.25 bits per heavy atom. The van der Waals surface area contributed by atoms with Crippen LogP contribution in [0.4, 0.5) is 0 Å². The van der Waals surface area contributed by atoms with E-state index in [-0.39, 0.29) is 17.9 Å². The fourth-order valence-corrected chi connectivity index (χ4v) is 1.09. The van der Waals surface area contributed by atoms with E-state index in [0.717, 1.165) is 0 Å². The highest BCUT2D eigenvalue weighted by atomic mass is 16.2. The minimum atomic E-state index is -0.144. The molecule has 1 unspecified atom stereocenters. The van der Waals surface area contributed by atoms with Crippen molar-refractivity contribution in [3.63, 3.8) is 0 Å². The number of carbonyl (C=O) groups excluding carboxylic acids is 2. The topological polar surface area (TPSA) is 84.2 Å². The summed E-state index contributed by atoms with van der Waals surface area (Å²) >= 11 is 0. The van der Waals surface area contributed by atoms with Crippen molar-refractivity contribution in [3.8, 4) is 0 Å². The van der Waals surface area contributed by atoms with Crippen molar-refractivity contribution in [2.75, 3.05) is 13.1 Å². The zero-order chi connectivity index (χ0) is 12.6. The maximum absolute atomic E-state index is 11.3. The molecule has 0 aromatic heterocycles. The summed E-state index contributed by atoms with van der Waals surface area (Å²) in [6.07, 6.45) is 0.616. The Morgan fingerprint density at radius 2 is 1.75 bits per heavy atom. The first-order chi connectivity index (χ1) is 7.41. The Hall–Kier alpha value is -1.10. The fraction of sp³-hybridized carbons (Fsp3) is 0.818. The number of carbonyl (C=O) groups is 2. The zero-order valence-electron chi connectivity index (χ0n) is 10.4. The molecule has 0 aliphatic rings. The minimum absolute atomic E-state index is 0.0326. The predicted octanol–water partition coefficient (Wildman–Crippen LogP) is 0.00220. The van der Waals surface area contributed by atoms with Gasteiger partial charge in [-0.2, -0.15) is 0 Å². The van der Waals surface area contributed by atoms with E-state index in [4.69, 9.17) is 5.73 Å². The third kappa shape index (κ3) is 9.45. The Morgan fingerprint density at radius 1 is 1.12 bits per heavy atom. The molecule has 0 spiro atoms. The van der Waals surface area contributed by atoms with Crippen LogP contribution in [0.3, 0.4) is 0 Å². The number of hydrogen-bond donors (Lipinski definition) is 3. The van der Waals surface area contributed by atoms with Crippen molar-refractivity contribution < 1.29 is 9.59 Å². The molecule has 0 saturated carbocycles. The third-order valence-corrected chi connectivity index (χ3v) is 1.89. The lowest BCUT2D eigenvalue weighted by Crippen LogP contribution is -2.34. The van der Waals surface area contributed by atoms with Gasteiger partial charge in [0.15, 0.2) is 0 Å². The van der Waals surface area contributed by atoms with E-state index < -0.39 is 0 Å². The highest BCUT2D eigenvalue weighted by molar-refractivity contribution is 5.79. The van der Waals surface area contributed by atoms with Gasteiger partial charge in [-0.05, 0) is 12.8 Å². The average Bonchev–Trinajstić information content (AvgIpc) is 2.13. The number of amides is 2. The van der Waals surface area contributed by atoms with Crippen LogP contribution in [0, 0.1) is 5.92 Å². The van der Waals surface area contributed by atoms with Gasteiger partial charge in [-0.25, -0.2) is 0 Å². The summed E-state index contributed by atoms with van der Waals surface area (Å²) in [4.78, 5) is 22.4. The molecule has 0 aliphatic carbocycles. The van der Waals surface area contributed by atoms with E-state index in [9.17, 15) is 9.59 Å². The van der Waals surface area contributed by atoms with Crippen molar-refractivity contribution in [1.82, 2.24) is 10.6 Å². The molecule has 0 rings (SSSR count). The SMILES string of the molecule is CC(C)CNC(=O)CCNC(=O)CC(C)N. The smallest absolute Gasteiger partial charge is 0.221 e. The molecule has 0 bridgehead atoms. The number of nitrogens with one attached hydrogen (secondary N) is 2. The van der Waals surface area contributed by atoms with E-state index >= 15 is 0 Å². The van der Waals surface area contributed by atoms with Crippen molar-refractivity contribution in [1.29, 1.82) is 0 Å². The van der Waals surface area contributed by atoms with Crippen LogP contribution in [0.1, 0.15) is 33.6 Å². The van der Waals surface area contributed by atoms with Gasteiger partial charge < -0.3 is 16.4 Å². The van der Waals surface area contributed by atoms with Gasteiger partial charge in [-0.15, -0.1) is 0 Å². The molecular weight excluding hydrogens is 206 g/mol. The summed E-state index contributed by atoms with van der Waals surface area (Å²) < 4.78 is 0. The molecule has 1 atom stereocenters. The van der Waals surface area contributed by atoms with Crippen LogP contribution < -0.4 is 16.4 Å². The molecule has 0 saturated heterocycles. The van der Waals surface area contributed by atoms with E-state index in [1.54, 1.807) is 6.92 Å². The highest BCUT2D eigenvalue weighted by Crippen LogP contribution is 1.89. The predicted molar refractivity (Wildman–Crippen MR) is 63.7 cm³/mol. The minimum Gasteiger partial charge on any atom is -0.356 e. The Balaban J connectivity index is 3.50. The van der Waals surface area contributed by atoms with Crippen LogP contribution in [-0.2, 0) is 9.59 Å². The molecule has 5 nitrogen and oxygen atoms in total. The van der Waals surface area contributed by atoms with Crippen molar-refractivity contribution in [3.05, 3.63) is 0 Å². The Labute approximate surface area is 97.2 Å². The average molecular weight is 229 g/mol. The first kappa shape index (κ1) is 14.9. The maximum Gasteiger partial charge on any atom is 0.221 e. The van der Waals surface area contributed by atoms with Crippen molar-refractivity contribution in [2.45, 2.75) is 39.7 Å². The van der Waals surface area contributed by atoms with Crippen LogP contribution in [0.15, 0.2) is 0 Å². The number of rotatable bonds is 7. The van der Waals surface area contributed by atoms with E-state index in [1.807, 2.05) is 13.8 Å².